The van der Waals surface area contributed by atoms with Crippen molar-refractivity contribution in [1.82, 2.24) is 5.32 Å². The number of hydrogen-bond donors (Lipinski definition) is 8. The van der Waals surface area contributed by atoms with Crippen LogP contribution in [0, 0.1) is 0 Å². The van der Waals surface area contributed by atoms with Crippen molar-refractivity contribution in [2.75, 3.05) is 6.61 Å². The maximum atomic E-state index is 13.1. The maximum absolute atomic E-state index is 13.1. The zero-order valence-electron chi connectivity index (χ0n) is 46.8. The number of carbonyl (C=O) groups excluding carboxylic acids is 1. The van der Waals surface area contributed by atoms with E-state index in [0.29, 0.717) is 19.3 Å². The highest BCUT2D eigenvalue weighted by Crippen LogP contribution is 2.47. The molecule has 13 heteroatoms. The third-order valence-electron chi connectivity index (χ3n) is 15.4. The Morgan fingerprint density at radius 1 is 0.417 bits per heavy atom. The monoisotopic (exact) mass is 1050 g/mol. The fourth-order valence-corrected chi connectivity index (χ4v) is 11.4. The first-order valence-electron chi connectivity index (χ1n) is 31.0. The quantitative estimate of drug-likeness (QED) is 0.0212. The predicted molar refractivity (Wildman–Crippen MR) is 297 cm³/mol. The van der Waals surface area contributed by atoms with Crippen LogP contribution in [0.2, 0.25) is 0 Å². The molecule has 9 atom stereocenters. The SMILES string of the molecule is CCCCCCCCCCCCCCCCCCCCCCCCCCCCCCC(=O)N[C@@H](COP(=O)(O)OC1C(O)C(O)C(O)[C@@H](O)C1O)[C@H](O)CCCCCCCCCCCCCCCCCCC. The number of amides is 1. The molecule has 0 spiro atoms. The molecule has 430 valence electrons. The number of hydrogen-bond acceptors (Lipinski definition) is 10. The molecule has 1 aliphatic rings. The number of carbonyl (C=O) groups is 1. The van der Waals surface area contributed by atoms with Gasteiger partial charge in [-0.3, -0.25) is 13.8 Å². The van der Waals surface area contributed by atoms with Gasteiger partial charge in [-0.15, -0.1) is 0 Å². The fraction of sp³-hybridized carbons (Fsp3) is 0.983. The molecule has 0 aromatic heterocycles. The van der Waals surface area contributed by atoms with Crippen LogP contribution in [0.1, 0.15) is 316 Å². The summed E-state index contributed by atoms with van der Waals surface area (Å²) in [5.74, 6) is -0.299. The first kappa shape index (κ1) is 69.4. The molecule has 1 saturated carbocycles. The Bertz CT molecular complexity index is 1220. The average Bonchev–Trinajstić information content (AvgIpc) is 3.37. The van der Waals surface area contributed by atoms with Gasteiger partial charge in [0.1, 0.15) is 36.6 Å². The van der Waals surface area contributed by atoms with Gasteiger partial charge in [0.2, 0.25) is 5.91 Å². The molecular weight excluding hydrogens is 930 g/mol. The molecule has 0 aliphatic heterocycles. The van der Waals surface area contributed by atoms with Crippen LogP contribution in [0.15, 0.2) is 0 Å². The number of aliphatic hydroxyl groups is 6. The minimum Gasteiger partial charge on any atom is -0.391 e. The van der Waals surface area contributed by atoms with Gasteiger partial charge in [-0.1, -0.05) is 296 Å². The number of aliphatic hydroxyl groups excluding tert-OH is 6. The van der Waals surface area contributed by atoms with E-state index in [4.69, 9.17) is 9.05 Å². The summed E-state index contributed by atoms with van der Waals surface area (Å²) in [4.78, 5) is 23.6. The van der Waals surface area contributed by atoms with E-state index in [1.54, 1.807) is 0 Å². The largest absolute Gasteiger partial charge is 0.472 e. The second-order valence-corrected chi connectivity index (χ2v) is 23.7. The normalized spacial score (nSPS) is 21.0. The van der Waals surface area contributed by atoms with Gasteiger partial charge in [-0.2, -0.15) is 0 Å². The standard InChI is InChI=1S/C59H118NO11P/c1-3-5-7-9-11-13-15-17-19-21-22-23-24-25-26-27-28-29-30-31-33-35-37-39-41-43-45-47-49-53(62)60-51(50-70-72(68,69)71-59-57(66)55(64)54(63)56(65)58(59)67)52(61)48-46-44-42-40-38-36-34-32-20-18-16-14-12-10-8-6-4-2/h51-52,54-59,61,63-67H,3-50H2,1-2H3,(H,60,62)(H,68,69)/t51-,52+,54?,55+,56?,57?,58?,59?/m0/s1. The highest BCUT2D eigenvalue weighted by atomic mass is 31.2. The van der Waals surface area contributed by atoms with Gasteiger partial charge in [0.15, 0.2) is 0 Å². The van der Waals surface area contributed by atoms with Crippen LogP contribution in [-0.2, 0) is 18.4 Å². The predicted octanol–water partition coefficient (Wildman–Crippen LogP) is 14.5. The zero-order chi connectivity index (χ0) is 52.8. The van der Waals surface area contributed by atoms with Crippen LogP contribution in [-0.4, -0.2) is 96.8 Å². The molecule has 0 aromatic carbocycles. The van der Waals surface area contributed by atoms with Crippen molar-refractivity contribution in [3.8, 4) is 0 Å². The Morgan fingerprint density at radius 3 is 0.958 bits per heavy atom. The summed E-state index contributed by atoms with van der Waals surface area (Å²) in [5.41, 5.74) is 0. The lowest BCUT2D eigenvalue weighted by molar-refractivity contribution is -0.220. The topological polar surface area (TPSA) is 206 Å². The van der Waals surface area contributed by atoms with E-state index in [1.807, 2.05) is 0 Å². The second-order valence-electron chi connectivity index (χ2n) is 22.3. The molecule has 12 nitrogen and oxygen atoms in total. The molecule has 1 aliphatic carbocycles. The van der Waals surface area contributed by atoms with Crippen LogP contribution in [0.4, 0.5) is 0 Å². The van der Waals surface area contributed by atoms with Crippen molar-refractivity contribution < 1.29 is 53.9 Å². The Morgan fingerprint density at radius 2 is 0.667 bits per heavy atom. The van der Waals surface area contributed by atoms with E-state index in [1.165, 1.54) is 238 Å². The molecule has 72 heavy (non-hydrogen) atoms. The van der Waals surface area contributed by atoms with Gasteiger partial charge in [0, 0.05) is 6.42 Å². The van der Waals surface area contributed by atoms with Crippen molar-refractivity contribution in [1.29, 1.82) is 0 Å². The Balaban J connectivity index is 2.25. The molecular formula is C59H118NO11P. The van der Waals surface area contributed by atoms with Crippen LogP contribution in [0.25, 0.3) is 0 Å². The number of phosphoric ester groups is 1. The molecule has 0 aromatic rings. The van der Waals surface area contributed by atoms with Crippen molar-refractivity contribution in [2.45, 2.75) is 364 Å². The minimum absolute atomic E-state index is 0.244. The Hall–Kier alpha value is -0.660. The van der Waals surface area contributed by atoms with Crippen molar-refractivity contribution in [2.24, 2.45) is 0 Å². The Labute approximate surface area is 442 Å². The van der Waals surface area contributed by atoms with E-state index in [9.17, 15) is 44.9 Å². The van der Waals surface area contributed by atoms with E-state index < -0.39 is 63.2 Å². The van der Waals surface area contributed by atoms with Gasteiger partial charge in [0.25, 0.3) is 0 Å². The van der Waals surface area contributed by atoms with Crippen LogP contribution in [0.5, 0.6) is 0 Å². The average molecular weight is 1050 g/mol. The zero-order valence-corrected chi connectivity index (χ0v) is 47.7. The van der Waals surface area contributed by atoms with Crippen molar-refractivity contribution in [3.63, 3.8) is 0 Å². The molecule has 0 radical (unpaired) electrons. The lowest BCUT2D eigenvalue weighted by Gasteiger charge is -2.41. The summed E-state index contributed by atoms with van der Waals surface area (Å²) in [6.45, 7) is 3.95. The first-order valence-corrected chi connectivity index (χ1v) is 32.5. The molecule has 6 unspecified atom stereocenters. The highest BCUT2D eigenvalue weighted by molar-refractivity contribution is 7.47. The lowest BCUT2D eigenvalue weighted by Crippen LogP contribution is -2.64. The van der Waals surface area contributed by atoms with Crippen LogP contribution < -0.4 is 5.32 Å². The molecule has 8 N–H and O–H groups in total. The van der Waals surface area contributed by atoms with E-state index in [0.717, 1.165) is 38.5 Å². The number of nitrogens with one attached hydrogen (secondary N) is 1. The van der Waals surface area contributed by atoms with Gasteiger partial charge in [0.05, 0.1) is 18.8 Å². The molecule has 1 amide bonds. The third kappa shape index (κ3) is 38.8. The van der Waals surface area contributed by atoms with E-state index in [-0.39, 0.29) is 12.3 Å². The number of rotatable bonds is 54. The first-order chi connectivity index (χ1) is 34.9. The Kier molecular flexibility index (Phi) is 46.9. The number of unbranched alkanes of at least 4 members (excludes halogenated alkanes) is 43. The van der Waals surface area contributed by atoms with Crippen LogP contribution >= 0.6 is 7.82 Å². The lowest BCUT2D eigenvalue weighted by atomic mass is 9.85. The van der Waals surface area contributed by atoms with Gasteiger partial charge < -0.3 is 40.8 Å². The summed E-state index contributed by atoms with van der Waals surface area (Å²) in [6.07, 6.45) is 45.8. The van der Waals surface area contributed by atoms with E-state index in [2.05, 4.69) is 19.2 Å². The number of phosphoric acid groups is 1. The third-order valence-corrected chi connectivity index (χ3v) is 16.4. The second kappa shape index (κ2) is 48.7. The smallest absolute Gasteiger partial charge is 0.391 e. The van der Waals surface area contributed by atoms with Crippen molar-refractivity contribution >= 4 is 13.7 Å². The summed E-state index contributed by atoms with van der Waals surface area (Å²) < 4.78 is 23.1. The molecule has 1 rings (SSSR count). The molecule has 0 bridgehead atoms. The van der Waals surface area contributed by atoms with Crippen molar-refractivity contribution in [3.05, 3.63) is 0 Å². The summed E-state index contributed by atoms with van der Waals surface area (Å²) in [7, 11) is -5.06. The van der Waals surface area contributed by atoms with Crippen LogP contribution in [0.3, 0.4) is 0 Å². The molecule has 0 saturated heterocycles. The maximum Gasteiger partial charge on any atom is 0.472 e. The van der Waals surface area contributed by atoms with Gasteiger partial charge in [-0.25, -0.2) is 4.57 Å². The molecule has 0 heterocycles. The fourth-order valence-electron chi connectivity index (χ4n) is 10.4. The molecule has 1 fully saturated rings. The summed E-state index contributed by atoms with van der Waals surface area (Å²) >= 11 is 0. The van der Waals surface area contributed by atoms with Gasteiger partial charge >= 0.3 is 7.82 Å². The minimum atomic E-state index is -5.06. The summed E-state index contributed by atoms with van der Waals surface area (Å²) in [5, 5.41) is 64.6. The van der Waals surface area contributed by atoms with Gasteiger partial charge in [-0.05, 0) is 12.8 Å². The van der Waals surface area contributed by atoms with E-state index >= 15 is 0 Å². The highest BCUT2D eigenvalue weighted by Gasteiger charge is 2.51. The summed E-state index contributed by atoms with van der Waals surface area (Å²) in [6, 6.07) is -1.03.